The molecule has 0 spiro atoms. The van der Waals surface area contributed by atoms with Gasteiger partial charge in [-0.15, -0.1) is 0 Å². The molecule has 1 aliphatic heterocycles. The van der Waals surface area contributed by atoms with Crippen molar-refractivity contribution >= 4 is 17.8 Å². The molecule has 1 fully saturated rings. The van der Waals surface area contributed by atoms with Gasteiger partial charge in [0.25, 0.3) is 5.91 Å². The fraction of sp³-hybridized carbons (Fsp3) is 0.667. The highest BCUT2D eigenvalue weighted by Gasteiger charge is 2.43. The van der Waals surface area contributed by atoms with Gasteiger partial charge in [-0.05, 0) is 13.8 Å². The minimum Gasteiger partial charge on any atom is -0.355 e. The Morgan fingerprint density at radius 1 is 1.47 bits per heavy atom. The third-order valence-electron chi connectivity index (χ3n) is 2.15. The van der Waals surface area contributed by atoms with Gasteiger partial charge in [0.2, 0.25) is 5.91 Å². The van der Waals surface area contributed by atoms with Crippen LogP contribution in [0.1, 0.15) is 20.8 Å². The van der Waals surface area contributed by atoms with E-state index in [2.05, 4.69) is 10.6 Å². The largest absolute Gasteiger partial charge is 0.355 e. The first-order valence-corrected chi connectivity index (χ1v) is 4.73. The molecule has 4 amide bonds. The second-order valence-corrected chi connectivity index (χ2v) is 3.99. The molecule has 15 heavy (non-hydrogen) atoms. The zero-order chi connectivity index (χ0) is 11.6. The topological polar surface area (TPSA) is 78.5 Å². The Morgan fingerprint density at radius 2 is 2.07 bits per heavy atom. The first kappa shape index (κ1) is 11.5. The summed E-state index contributed by atoms with van der Waals surface area (Å²) in [4.78, 5) is 34.7. The second-order valence-electron chi connectivity index (χ2n) is 3.99. The predicted molar refractivity (Wildman–Crippen MR) is 53.0 cm³/mol. The van der Waals surface area contributed by atoms with Gasteiger partial charge in [0.05, 0.1) is 0 Å². The van der Waals surface area contributed by atoms with Crippen LogP contribution in [0, 0.1) is 0 Å². The number of amides is 4. The van der Waals surface area contributed by atoms with Crippen LogP contribution in [0.5, 0.6) is 0 Å². The molecular weight excluding hydrogens is 198 g/mol. The number of carbonyl (C=O) groups is 3. The molecule has 1 aliphatic rings. The number of nitrogens with zero attached hydrogens (tertiary/aromatic N) is 1. The van der Waals surface area contributed by atoms with Crippen LogP contribution in [-0.2, 0) is 9.59 Å². The molecule has 0 aliphatic carbocycles. The van der Waals surface area contributed by atoms with Crippen LogP contribution < -0.4 is 10.6 Å². The highest BCUT2D eigenvalue weighted by atomic mass is 16.2. The lowest BCUT2D eigenvalue weighted by molar-refractivity contribution is -0.130. The SMILES string of the molecule is CC(=O)NCCN1C(=O)NC(C)(C)C1=O. The summed E-state index contributed by atoms with van der Waals surface area (Å²) in [6.07, 6.45) is 0. The summed E-state index contributed by atoms with van der Waals surface area (Å²) < 4.78 is 0. The molecule has 0 saturated carbocycles. The summed E-state index contributed by atoms with van der Waals surface area (Å²) in [7, 11) is 0. The maximum Gasteiger partial charge on any atom is 0.325 e. The van der Waals surface area contributed by atoms with Crippen LogP contribution in [0.25, 0.3) is 0 Å². The van der Waals surface area contributed by atoms with Crippen molar-refractivity contribution in [2.75, 3.05) is 13.1 Å². The highest BCUT2D eigenvalue weighted by Crippen LogP contribution is 2.15. The van der Waals surface area contributed by atoms with Crippen molar-refractivity contribution in [2.45, 2.75) is 26.3 Å². The number of imide groups is 1. The molecule has 0 bridgehead atoms. The molecule has 0 unspecified atom stereocenters. The summed E-state index contributed by atoms with van der Waals surface area (Å²) in [5.74, 6) is -0.445. The van der Waals surface area contributed by atoms with E-state index < -0.39 is 11.6 Å². The quantitative estimate of drug-likeness (QED) is 0.617. The molecule has 6 nitrogen and oxygen atoms in total. The van der Waals surface area contributed by atoms with E-state index in [1.54, 1.807) is 13.8 Å². The van der Waals surface area contributed by atoms with Gasteiger partial charge < -0.3 is 10.6 Å². The average Bonchev–Trinajstić information content (AvgIpc) is 2.26. The Bertz CT molecular complexity index is 312. The summed E-state index contributed by atoms with van der Waals surface area (Å²) in [5.41, 5.74) is -0.840. The fourth-order valence-corrected chi connectivity index (χ4v) is 1.36. The van der Waals surface area contributed by atoms with Gasteiger partial charge in [-0.1, -0.05) is 0 Å². The zero-order valence-corrected chi connectivity index (χ0v) is 9.09. The summed E-state index contributed by atoms with van der Waals surface area (Å²) >= 11 is 0. The standard InChI is InChI=1S/C9H15N3O3/c1-6(13)10-4-5-12-7(14)9(2,3)11-8(12)15/h4-5H2,1-3H3,(H,10,13)(H,11,15). The van der Waals surface area contributed by atoms with Crippen LogP contribution >= 0.6 is 0 Å². The second kappa shape index (κ2) is 3.88. The van der Waals surface area contributed by atoms with Gasteiger partial charge in [0, 0.05) is 20.0 Å². The predicted octanol–water partition coefficient (Wildman–Crippen LogP) is -0.547. The summed E-state index contributed by atoms with van der Waals surface area (Å²) in [6, 6.07) is -0.407. The first-order chi connectivity index (χ1) is 6.84. The van der Waals surface area contributed by atoms with Gasteiger partial charge >= 0.3 is 6.03 Å². The number of rotatable bonds is 3. The van der Waals surface area contributed by atoms with E-state index in [4.69, 9.17) is 0 Å². The fourth-order valence-electron chi connectivity index (χ4n) is 1.36. The number of hydrogen-bond donors (Lipinski definition) is 2. The molecule has 1 saturated heterocycles. The lowest BCUT2D eigenvalue weighted by atomic mass is 10.1. The maximum absolute atomic E-state index is 11.6. The Labute approximate surface area is 88.0 Å². The minimum absolute atomic E-state index is 0.179. The molecule has 1 heterocycles. The number of urea groups is 1. The molecule has 84 valence electrons. The zero-order valence-electron chi connectivity index (χ0n) is 9.09. The molecule has 0 aromatic rings. The van der Waals surface area contributed by atoms with E-state index in [-0.39, 0.29) is 24.9 Å². The van der Waals surface area contributed by atoms with Crippen molar-refractivity contribution in [2.24, 2.45) is 0 Å². The van der Waals surface area contributed by atoms with Crippen molar-refractivity contribution in [1.82, 2.24) is 15.5 Å². The number of carbonyl (C=O) groups excluding carboxylic acids is 3. The molecule has 1 rings (SSSR count). The molecule has 2 N–H and O–H groups in total. The van der Waals surface area contributed by atoms with Gasteiger partial charge in [-0.2, -0.15) is 0 Å². The van der Waals surface area contributed by atoms with Crippen molar-refractivity contribution < 1.29 is 14.4 Å². The lowest BCUT2D eigenvalue weighted by Crippen LogP contribution is -2.41. The van der Waals surface area contributed by atoms with E-state index in [0.717, 1.165) is 4.90 Å². The van der Waals surface area contributed by atoms with E-state index >= 15 is 0 Å². The van der Waals surface area contributed by atoms with Crippen molar-refractivity contribution in [3.63, 3.8) is 0 Å². The minimum atomic E-state index is -0.840. The van der Waals surface area contributed by atoms with Crippen LogP contribution in [-0.4, -0.2) is 41.4 Å². The molecule has 0 radical (unpaired) electrons. The smallest absolute Gasteiger partial charge is 0.325 e. The highest BCUT2D eigenvalue weighted by molar-refractivity contribution is 6.06. The van der Waals surface area contributed by atoms with Crippen LogP contribution in [0.3, 0.4) is 0 Å². The molecule has 0 aromatic carbocycles. The van der Waals surface area contributed by atoms with E-state index in [9.17, 15) is 14.4 Å². The van der Waals surface area contributed by atoms with E-state index in [1.807, 2.05) is 0 Å². The Hall–Kier alpha value is -1.59. The molecular formula is C9H15N3O3. The van der Waals surface area contributed by atoms with E-state index in [1.165, 1.54) is 6.92 Å². The van der Waals surface area contributed by atoms with Crippen LogP contribution in [0.2, 0.25) is 0 Å². The average molecular weight is 213 g/mol. The normalized spacial score (nSPS) is 19.0. The molecule has 0 aromatic heterocycles. The molecule has 6 heteroatoms. The van der Waals surface area contributed by atoms with Crippen LogP contribution in [0.15, 0.2) is 0 Å². The van der Waals surface area contributed by atoms with Crippen molar-refractivity contribution in [1.29, 1.82) is 0 Å². The van der Waals surface area contributed by atoms with Gasteiger partial charge in [-0.3, -0.25) is 14.5 Å². The number of nitrogens with one attached hydrogen (secondary N) is 2. The summed E-state index contributed by atoms with van der Waals surface area (Å²) in [5, 5.41) is 5.08. The van der Waals surface area contributed by atoms with Crippen molar-refractivity contribution in [3.8, 4) is 0 Å². The van der Waals surface area contributed by atoms with Crippen molar-refractivity contribution in [3.05, 3.63) is 0 Å². The van der Waals surface area contributed by atoms with E-state index in [0.29, 0.717) is 0 Å². The van der Waals surface area contributed by atoms with Crippen LogP contribution in [0.4, 0.5) is 4.79 Å². The summed E-state index contributed by atoms with van der Waals surface area (Å²) in [6.45, 7) is 5.16. The molecule has 0 atom stereocenters. The van der Waals surface area contributed by atoms with Gasteiger partial charge in [0.1, 0.15) is 5.54 Å². The Balaban J connectivity index is 2.52. The third-order valence-corrected chi connectivity index (χ3v) is 2.15. The Kier molecular flexibility index (Phi) is 2.97. The lowest BCUT2D eigenvalue weighted by Gasteiger charge is -2.15. The third kappa shape index (κ3) is 2.45. The maximum atomic E-state index is 11.6. The monoisotopic (exact) mass is 213 g/mol. The van der Waals surface area contributed by atoms with Gasteiger partial charge in [-0.25, -0.2) is 4.79 Å². The van der Waals surface area contributed by atoms with Gasteiger partial charge in [0.15, 0.2) is 0 Å². The Morgan fingerprint density at radius 3 is 2.47 bits per heavy atom. The first-order valence-electron chi connectivity index (χ1n) is 4.73. The number of hydrogen-bond acceptors (Lipinski definition) is 3.